The summed E-state index contributed by atoms with van der Waals surface area (Å²) in [6.45, 7) is 4.75. The molecule has 3 atom stereocenters. The van der Waals surface area contributed by atoms with Gasteiger partial charge >= 0.3 is 5.97 Å². The summed E-state index contributed by atoms with van der Waals surface area (Å²) < 4.78 is 4.81. The van der Waals surface area contributed by atoms with Crippen LogP contribution in [0.3, 0.4) is 0 Å². The van der Waals surface area contributed by atoms with E-state index in [0.717, 1.165) is 6.42 Å². The van der Waals surface area contributed by atoms with Crippen molar-refractivity contribution in [2.24, 2.45) is 11.8 Å². The molecule has 6 heteroatoms. The van der Waals surface area contributed by atoms with E-state index in [1.165, 1.54) is 12.0 Å². The molecule has 1 aliphatic carbocycles. The molecule has 1 aliphatic heterocycles. The van der Waals surface area contributed by atoms with Crippen LogP contribution in [0, 0.1) is 11.8 Å². The van der Waals surface area contributed by atoms with E-state index in [1.54, 1.807) is 6.92 Å². The number of rotatable bonds is 7. The van der Waals surface area contributed by atoms with Crippen molar-refractivity contribution in [1.82, 2.24) is 10.2 Å². The molecular weight excluding hydrogens is 260 g/mol. The second-order valence-corrected chi connectivity index (χ2v) is 5.73. The number of amides is 2. The molecule has 112 valence electrons. The predicted molar refractivity (Wildman–Crippen MR) is 71.6 cm³/mol. The van der Waals surface area contributed by atoms with Gasteiger partial charge < -0.3 is 10.1 Å². The highest BCUT2D eigenvalue weighted by Crippen LogP contribution is 2.46. The van der Waals surface area contributed by atoms with Crippen molar-refractivity contribution < 1.29 is 19.1 Å². The average molecular weight is 282 g/mol. The Morgan fingerprint density at radius 2 is 2.00 bits per heavy atom. The van der Waals surface area contributed by atoms with Gasteiger partial charge in [-0.2, -0.15) is 0 Å². The number of hydrogen-bond acceptors (Lipinski definition) is 5. The van der Waals surface area contributed by atoms with E-state index in [9.17, 15) is 14.4 Å². The van der Waals surface area contributed by atoms with Crippen molar-refractivity contribution in [3.63, 3.8) is 0 Å². The van der Waals surface area contributed by atoms with Gasteiger partial charge in [0.2, 0.25) is 11.8 Å². The van der Waals surface area contributed by atoms with E-state index in [0.29, 0.717) is 25.9 Å². The molecule has 1 heterocycles. The summed E-state index contributed by atoms with van der Waals surface area (Å²) in [5.41, 5.74) is -0.766. The largest absolute Gasteiger partial charge is 0.468 e. The second kappa shape index (κ2) is 5.52. The molecule has 2 rings (SSSR count). The summed E-state index contributed by atoms with van der Waals surface area (Å²) >= 11 is 0. The average Bonchev–Trinajstić information content (AvgIpc) is 3.17. The SMILES string of the molecule is CCNC(C)(CCCN1C(=O)C2CC2C1=O)C(=O)OC. The topological polar surface area (TPSA) is 75.7 Å². The Kier molecular flexibility index (Phi) is 4.13. The number of ether oxygens (including phenoxy) is 1. The number of fused-ring (bicyclic) bond motifs is 1. The minimum atomic E-state index is -0.766. The normalized spacial score (nSPS) is 27.2. The molecule has 0 radical (unpaired) electrons. The van der Waals surface area contributed by atoms with Gasteiger partial charge in [-0.25, -0.2) is 0 Å². The maximum Gasteiger partial charge on any atom is 0.325 e. The predicted octanol–water partition coefficient (Wildman–Crippen LogP) is 0.313. The van der Waals surface area contributed by atoms with Gasteiger partial charge in [-0.15, -0.1) is 0 Å². The fourth-order valence-corrected chi connectivity index (χ4v) is 2.94. The number of piperidine rings is 1. The molecule has 0 aromatic heterocycles. The molecule has 0 spiro atoms. The smallest absolute Gasteiger partial charge is 0.325 e. The van der Waals surface area contributed by atoms with Crippen LogP contribution < -0.4 is 5.32 Å². The Bertz CT molecular complexity index is 417. The third kappa shape index (κ3) is 2.57. The summed E-state index contributed by atoms with van der Waals surface area (Å²) in [5.74, 6) is -0.501. The maximum atomic E-state index is 11.8. The number of carbonyl (C=O) groups excluding carboxylic acids is 3. The van der Waals surface area contributed by atoms with Gasteiger partial charge in [0, 0.05) is 6.54 Å². The maximum absolute atomic E-state index is 11.8. The first-order chi connectivity index (χ1) is 9.44. The highest BCUT2D eigenvalue weighted by Gasteiger charge is 2.58. The monoisotopic (exact) mass is 282 g/mol. The lowest BCUT2D eigenvalue weighted by Gasteiger charge is -2.28. The number of imide groups is 1. The van der Waals surface area contributed by atoms with E-state index < -0.39 is 5.54 Å². The quantitative estimate of drug-likeness (QED) is 0.537. The first-order valence-corrected chi connectivity index (χ1v) is 7.13. The molecule has 2 amide bonds. The summed E-state index contributed by atoms with van der Waals surface area (Å²) in [7, 11) is 1.36. The molecule has 1 N–H and O–H groups in total. The lowest BCUT2D eigenvalue weighted by molar-refractivity contribution is -0.148. The summed E-state index contributed by atoms with van der Waals surface area (Å²) in [4.78, 5) is 36.8. The Morgan fingerprint density at radius 1 is 1.40 bits per heavy atom. The number of nitrogens with one attached hydrogen (secondary N) is 1. The molecule has 2 aliphatic rings. The molecule has 1 saturated heterocycles. The molecule has 3 unspecified atom stereocenters. The van der Waals surface area contributed by atoms with Crippen LogP contribution in [0.1, 0.15) is 33.1 Å². The van der Waals surface area contributed by atoms with Crippen LogP contribution in [0.4, 0.5) is 0 Å². The zero-order chi connectivity index (χ0) is 14.9. The minimum absolute atomic E-state index is 0.0387. The van der Waals surface area contributed by atoms with Crippen molar-refractivity contribution >= 4 is 17.8 Å². The van der Waals surface area contributed by atoms with E-state index in [2.05, 4.69) is 5.32 Å². The van der Waals surface area contributed by atoms with Gasteiger partial charge in [0.25, 0.3) is 0 Å². The third-order valence-electron chi connectivity index (χ3n) is 4.22. The van der Waals surface area contributed by atoms with Crippen LogP contribution in [-0.4, -0.2) is 48.4 Å². The zero-order valence-electron chi connectivity index (χ0n) is 12.3. The first-order valence-electron chi connectivity index (χ1n) is 7.13. The number of methoxy groups -OCH3 is 1. The highest BCUT2D eigenvalue weighted by molar-refractivity contribution is 6.08. The van der Waals surface area contributed by atoms with Crippen molar-refractivity contribution in [2.75, 3.05) is 20.2 Å². The van der Waals surface area contributed by atoms with Crippen molar-refractivity contribution in [3.8, 4) is 0 Å². The molecular formula is C14H22N2O4. The van der Waals surface area contributed by atoms with Gasteiger partial charge in [0.05, 0.1) is 18.9 Å². The van der Waals surface area contributed by atoms with Crippen LogP contribution in [0.2, 0.25) is 0 Å². The summed E-state index contributed by atoms with van der Waals surface area (Å²) in [5, 5.41) is 3.11. The number of likely N-dealkylation sites (N-methyl/N-ethyl adjacent to an activating group) is 1. The number of hydrogen-bond donors (Lipinski definition) is 1. The zero-order valence-corrected chi connectivity index (χ0v) is 12.3. The van der Waals surface area contributed by atoms with Crippen LogP contribution in [-0.2, 0) is 19.1 Å². The summed E-state index contributed by atoms with van der Waals surface area (Å²) in [6.07, 6.45) is 1.85. The number of nitrogens with zero attached hydrogens (tertiary/aromatic N) is 1. The second-order valence-electron chi connectivity index (χ2n) is 5.73. The first kappa shape index (κ1) is 15.0. The molecule has 0 aromatic rings. The molecule has 20 heavy (non-hydrogen) atoms. The van der Waals surface area contributed by atoms with E-state index in [4.69, 9.17) is 4.74 Å². The van der Waals surface area contributed by atoms with Crippen molar-refractivity contribution in [3.05, 3.63) is 0 Å². The Labute approximate surface area is 118 Å². The number of likely N-dealkylation sites (tertiary alicyclic amines) is 1. The Morgan fingerprint density at radius 3 is 2.50 bits per heavy atom. The fourth-order valence-electron chi connectivity index (χ4n) is 2.94. The number of esters is 1. The fraction of sp³-hybridized carbons (Fsp3) is 0.786. The van der Waals surface area contributed by atoms with Gasteiger partial charge in [-0.05, 0) is 32.7 Å². The lowest BCUT2D eigenvalue weighted by Crippen LogP contribution is -2.50. The molecule has 2 fully saturated rings. The van der Waals surface area contributed by atoms with E-state index >= 15 is 0 Å². The van der Waals surface area contributed by atoms with Crippen LogP contribution in [0.15, 0.2) is 0 Å². The van der Waals surface area contributed by atoms with Gasteiger partial charge in [-0.1, -0.05) is 6.92 Å². The highest BCUT2D eigenvalue weighted by atomic mass is 16.5. The molecule has 1 saturated carbocycles. The molecule has 0 aromatic carbocycles. The summed E-state index contributed by atoms with van der Waals surface area (Å²) in [6, 6.07) is 0. The van der Waals surface area contributed by atoms with Crippen LogP contribution in [0.25, 0.3) is 0 Å². The number of carbonyl (C=O) groups is 3. The van der Waals surface area contributed by atoms with Crippen LogP contribution in [0.5, 0.6) is 0 Å². The van der Waals surface area contributed by atoms with Crippen LogP contribution >= 0.6 is 0 Å². The Balaban J connectivity index is 1.86. The minimum Gasteiger partial charge on any atom is -0.468 e. The van der Waals surface area contributed by atoms with E-state index in [-0.39, 0.29) is 29.6 Å². The van der Waals surface area contributed by atoms with Gasteiger partial charge in [-0.3, -0.25) is 19.3 Å². The Hall–Kier alpha value is -1.43. The molecule has 6 nitrogen and oxygen atoms in total. The van der Waals surface area contributed by atoms with E-state index in [1.807, 2.05) is 6.92 Å². The molecule has 0 bridgehead atoms. The lowest BCUT2D eigenvalue weighted by atomic mass is 9.95. The van der Waals surface area contributed by atoms with Gasteiger partial charge in [0.1, 0.15) is 5.54 Å². The third-order valence-corrected chi connectivity index (χ3v) is 4.22. The standard InChI is InChI=1S/C14H22N2O4/c1-4-15-14(2,13(19)20-3)6-5-7-16-11(17)9-8-10(9)12(16)18/h9-10,15H,4-8H2,1-3H3. The van der Waals surface area contributed by atoms with Gasteiger partial charge in [0.15, 0.2) is 0 Å². The van der Waals surface area contributed by atoms with Crippen molar-refractivity contribution in [2.45, 2.75) is 38.6 Å². The van der Waals surface area contributed by atoms with Crippen molar-refractivity contribution in [1.29, 1.82) is 0 Å².